The van der Waals surface area contributed by atoms with Crippen molar-refractivity contribution >= 4 is 11.7 Å². The van der Waals surface area contributed by atoms with Crippen LogP contribution in [0.15, 0.2) is 28.7 Å². The fourth-order valence-corrected chi connectivity index (χ4v) is 2.04. The molecule has 1 aromatic heterocycles. The van der Waals surface area contributed by atoms with Gasteiger partial charge >= 0.3 is 6.01 Å². The van der Waals surface area contributed by atoms with Gasteiger partial charge in [0.2, 0.25) is 5.89 Å². The number of halogens is 1. The molecule has 1 heterocycles. The van der Waals surface area contributed by atoms with Gasteiger partial charge < -0.3 is 9.73 Å². The average Bonchev–Trinajstić information content (AvgIpc) is 2.97. The monoisotopic (exact) mass is 292 g/mol. The van der Waals surface area contributed by atoms with E-state index in [-0.39, 0.29) is 11.9 Å². The zero-order valence-electron chi connectivity index (χ0n) is 12.6. The first-order valence-corrected chi connectivity index (χ1v) is 7.26. The van der Waals surface area contributed by atoms with Crippen molar-refractivity contribution in [1.82, 2.24) is 15.5 Å². The van der Waals surface area contributed by atoms with Gasteiger partial charge in [0.05, 0.1) is 11.7 Å². The topological polar surface area (TPSA) is 54.2 Å². The van der Waals surface area contributed by atoms with Crippen molar-refractivity contribution in [2.45, 2.75) is 33.2 Å². The maximum Gasteiger partial charge on any atom is 0.322 e. The smallest absolute Gasteiger partial charge is 0.322 e. The maximum absolute atomic E-state index is 13.9. The average molecular weight is 292 g/mol. The number of nitrogens with zero attached hydrogens (tertiary/aromatic N) is 3. The molecule has 2 aromatic rings. The summed E-state index contributed by atoms with van der Waals surface area (Å²) in [6.07, 6.45) is 1.03. The van der Waals surface area contributed by atoms with E-state index in [9.17, 15) is 4.39 Å². The number of hydrogen-bond acceptors (Lipinski definition) is 5. The van der Waals surface area contributed by atoms with Crippen molar-refractivity contribution in [3.8, 4) is 0 Å². The molecule has 21 heavy (non-hydrogen) atoms. The van der Waals surface area contributed by atoms with E-state index in [4.69, 9.17) is 4.42 Å². The van der Waals surface area contributed by atoms with Gasteiger partial charge in [-0.05, 0) is 38.9 Å². The molecule has 1 aromatic carbocycles. The van der Waals surface area contributed by atoms with E-state index in [0.717, 1.165) is 13.0 Å². The van der Waals surface area contributed by atoms with Crippen LogP contribution in [-0.2, 0) is 0 Å². The summed E-state index contributed by atoms with van der Waals surface area (Å²) in [7, 11) is 0. The molecule has 0 radical (unpaired) electrons. The molecule has 0 aliphatic carbocycles. The molecule has 1 atom stereocenters. The van der Waals surface area contributed by atoms with E-state index < -0.39 is 0 Å². The summed E-state index contributed by atoms with van der Waals surface area (Å²) in [6.45, 7) is 7.39. The first-order chi connectivity index (χ1) is 10.2. The lowest BCUT2D eigenvalue weighted by Crippen LogP contribution is -2.19. The Bertz CT molecular complexity index is 572. The zero-order valence-corrected chi connectivity index (χ0v) is 12.6. The number of aromatic nitrogens is 2. The molecule has 114 valence electrons. The minimum Gasteiger partial charge on any atom is -0.406 e. The van der Waals surface area contributed by atoms with Crippen LogP contribution < -0.4 is 10.2 Å². The van der Waals surface area contributed by atoms with Crippen molar-refractivity contribution in [2.75, 3.05) is 18.0 Å². The molecule has 0 saturated heterocycles. The normalized spacial score (nSPS) is 12.4. The van der Waals surface area contributed by atoms with Gasteiger partial charge in [0.25, 0.3) is 0 Å². The van der Waals surface area contributed by atoms with Crippen LogP contribution in [-0.4, -0.2) is 23.3 Å². The van der Waals surface area contributed by atoms with Crippen molar-refractivity contribution in [3.05, 3.63) is 36.0 Å². The first kappa shape index (κ1) is 15.4. The van der Waals surface area contributed by atoms with E-state index in [1.165, 1.54) is 6.07 Å². The molecule has 0 spiro atoms. The molecule has 0 aliphatic rings. The van der Waals surface area contributed by atoms with Crippen LogP contribution in [0.3, 0.4) is 0 Å². The van der Waals surface area contributed by atoms with Gasteiger partial charge in [-0.3, -0.25) is 4.90 Å². The molecule has 5 nitrogen and oxygen atoms in total. The summed E-state index contributed by atoms with van der Waals surface area (Å²) in [5.41, 5.74) is 0.435. The maximum atomic E-state index is 13.9. The van der Waals surface area contributed by atoms with Gasteiger partial charge in [0.1, 0.15) is 5.82 Å². The highest BCUT2D eigenvalue weighted by Crippen LogP contribution is 2.27. The van der Waals surface area contributed by atoms with Gasteiger partial charge in [-0.25, -0.2) is 4.39 Å². The predicted octanol–water partition coefficient (Wildman–Crippen LogP) is 3.43. The molecule has 2 rings (SSSR count). The molecule has 0 fully saturated rings. The van der Waals surface area contributed by atoms with Crippen molar-refractivity contribution in [1.29, 1.82) is 0 Å². The van der Waals surface area contributed by atoms with Gasteiger partial charge in [-0.2, -0.15) is 0 Å². The Morgan fingerprint density at radius 3 is 2.71 bits per heavy atom. The lowest BCUT2D eigenvalue weighted by molar-refractivity contribution is 0.418. The van der Waals surface area contributed by atoms with Crippen LogP contribution >= 0.6 is 0 Å². The summed E-state index contributed by atoms with van der Waals surface area (Å²) < 4.78 is 19.6. The Balaban J connectivity index is 2.20. The summed E-state index contributed by atoms with van der Waals surface area (Å²) in [5, 5.41) is 11.4. The van der Waals surface area contributed by atoms with E-state index in [2.05, 4.69) is 22.4 Å². The minimum absolute atomic E-state index is 0.0227. The summed E-state index contributed by atoms with van der Waals surface area (Å²) in [5.74, 6) is 0.199. The van der Waals surface area contributed by atoms with E-state index >= 15 is 0 Å². The standard InChI is InChI=1S/C15H21FN4O/c1-4-10-17-11(3)14-18-19-15(21-14)20(5-2)13-9-7-6-8-12(13)16/h6-9,11,17H,4-5,10H2,1-3H3. The van der Waals surface area contributed by atoms with E-state index in [0.29, 0.717) is 24.1 Å². The lowest BCUT2D eigenvalue weighted by Gasteiger charge is -2.18. The Kier molecular flexibility index (Phi) is 5.27. The molecule has 6 heteroatoms. The second-order valence-corrected chi connectivity index (χ2v) is 4.79. The van der Waals surface area contributed by atoms with E-state index in [1.807, 2.05) is 13.8 Å². The fourth-order valence-electron chi connectivity index (χ4n) is 2.04. The fraction of sp³-hybridized carbons (Fsp3) is 0.467. The highest BCUT2D eigenvalue weighted by atomic mass is 19.1. The largest absolute Gasteiger partial charge is 0.406 e. The number of anilines is 2. The van der Waals surface area contributed by atoms with Gasteiger partial charge in [0, 0.05) is 6.54 Å². The number of hydrogen-bond donors (Lipinski definition) is 1. The first-order valence-electron chi connectivity index (χ1n) is 7.26. The Morgan fingerprint density at radius 2 is 2.05 bits per heavy atom. The summed E-state index contributed by atoms with van der Waals surface area (Å²) in [6, 6.07) is 6.84. The molecule has 0 saturated carbocycles. The SMILES string of the molecule is CCCNC(C)c1nnc(N(CC)c2ccccc2F)o1. The third-order valence-electron chi connectivity index (χ3n) is 3.19. The lowest BCUT2D eigenvalue weighted by atomic mass is 10.3. The third kappa shape index (κ3) is 3.58. The van der Waals surface area contributed by atoms with Gasteiger partial charge in [-0.15, -0.1) is 5.10 Å². The quantitative estimate of drug-likeness (QED) is 0.847. The second kappa shape index (κ2) is 7.17. The third-order valence-corrected chi connectivity index (χ3v) is 3.19. The Morgan fingerprint density at radius 1 is 1.29 bits per heavy atom. The van der Waals surface area contributed by atoms with Gasteiger partial charge in [-0.1, -0.05) is 24.2 Å². The van der Waals surface area contributed by atoms with Crippen molar-refractivity contribution < 1.29 is 8.81 Å². The number of nitrogens with one attached hydrogen (secondary N) is 1. The number of rotatable bonds is 7. The van der Waals surface area contributed by atoms with Gasteiger partial charge in [0.15, 0.2) is 0 Å². The molecule has 0 aliphatic heterocycles. The number of benzene rings is 1. The van der Waals surface area contributed by atoms with Crippen LogP contribution in [0.4, 0.5) is 16.1 Å². The van der Waals surface area contributed by atoms with Crippen LogP contribution in [0, 0.1) is 5.82 Å². The molecular weight excluding hydrogens is 271 g/mol. The highest BCUT2D eigenvalue weighted by molar-refractivity contribution is 5.56. The van der Waals surface area contributed by atoms with Crippen LogP contribution in [0.2, 0.25) is 0 Å². The zero-order chi connectivity index (χ0) is 15.2. The summed E-state index contributed by atoms with van der Waals surface area (Å²) >= 11 is 0. The minimum atomic E-state index is -0.309. The van der Waals surface area contributed by atoms with E-state index in [1.54, 1.807) is 23.1 Å². The second-order valence-electron chi connectivity index (χ2n) is 4.79. The van der Waals surface area contributed by atoms with Crippen LogP contribution in [0.25, 0.3) is 0 Å². The van der Waals surface area contributed by atoms with Crippen LogP contribution in [0.1, 0.15) is 39.1 Å². The highest BCUT2D eigenvalue weighted by Gasteiger charge is 2.20. The predicted molar refractivity (Wildman–Crippen MR) is 80.1 cm³/mol. The molecule has 1 unspecified atom stereocenters. The van der Waals surface area contributed by atoms with Crippen molar-refractivity contribution in [3.63, 3.8) is 0 Å². The van der Waals surface area contributed by atoms with Crippen molar-refractivity contribution in [2.24, 2.45) is 0 Å². The molecule has 1 N–H and O–H groups in total. The Hall–Kier alpha value is -1.95. The molecule has 0 bridgehead atoms. The van der Waals surface area contributed by atoms with Crippen LogP contribution in [0.5, 0.6) is 0 Å². The number of para-hydroxylation sites is 1. The Labute approximate surface area is 124 Å². The molecular formula is C15H21FN4O. The summed E-state index contributed by atoms with van der Waals surface area (Å²) in [4.78, 5) is 1.67. The molecule has 0 amide bonds.